The Hall–Kier alpha value is -3.48. The van der Waals surface area contributed by atoms with Crippen LogP contribution in [0.5, 0.6) is 5.75 Å². The molecule has 0 atom stereocenters. The van der Waals surface area contributed by atoms with Gasteiger partial charge in [0.2, 0.25) is 5.91 Å². The fraction of sp³-hybridized carbons (Fsp3) is 0.200. The molecule has 7 heteroatoms. The van der Waals surface area contributed by atoms with E-state index in [2.05, 4.69) is 15.8 Å². The number of nitrogens with one attached hydrogen (secondary N) is 2. The smallest absolute Gasteiger partial charge is 0.308 e. The van der Waals surface area contributed by atoms with Crippen LogP contribution in [0.3, 0.4) is 0 Å². The van der Waals surface area contributed by atoms with Crippen LogP contribution in [-0.2, 0) is 9.59 Å². The molecule has 0 aliphatic heterocycles. The average Bonchev–Trinajstić information content (AvgIpc) is 2.63. The lowest BCUT2D eigenvalue weighted by Crippen LogP contribution is -2.19. The first-order chi connectivity index (χ1) is 12.8. The molecule has 2 amide bonds. The van der Waals surface area contributed by atoms with Gasteiger partial charge in [-0.2, -0.15) is 5.10 Å². The minimum Gasteiger partial charge on any atom is -0.427 e. The summed E-state index contributed by atoms with van der Waals surface area (Å²) in [6, 6.07) is 13.2. The van der Waals surface area contributed by atoms with Crippen molar-refractivity contribution in [3.63, 3.8) is 0 Å². The lowest BCUT2D eigenvalue weighted by molar-refractivity contribution is -0.131. The highest BCUT2D eigenvalue weighted by Crippen LogP contribution is 2.12. The van der Waals surface area contributed by atoms with E-state index in [9.17, 15) is 14.4 Å². The molecular weight excluding hydrogens is 346 g/mol. The van der Waals surface area contributed by atoms with Crippen molar-refractivity contribution in [2.45, 2.75) is 20.8 Å². The lowest BCUT2D eigenvalue weighted by Gasteiger charge is -2.08. The van der Waals surface area contributed by atoms with E-state index in [-0.39, 0.29) is 17.7 Å². The van der Waals surface area contributed by atoms with Crippen molar-refractivity contribution in [3.05, 3.63) is 59.7 Å². The molecule has 2 aromatic carbocycles. The maximum atomic E-state index is 12.1. The second-order valence-corrected chi connectivity index (χ2v) is 6.08. The van der Waals surface area contributed by atoms with Crippen molar-refractivity contribution in [2.24, 2.45) is 11.0 Å². The van der Waals surface area contributed by atoms with Crippen LogP contribution < -0.4 is 15.5 Å². The van der Waals surface area contributed by atoms with E-state index in [4.69, 9.17) is 4.74 Å². The number of nitrogens with zero attached hydrogens (tertiary/aromatic N) is 1. The van der Waals surface area contributed by atoms with E-state index in [0.29, 0.717) is 17.0 Å². The Morgan fingerprint density at radius 2 is 1.63 bits per heavy atom. The number of rotatable bonds is 6. The van der Waals surface area contributed by atoms with Gasteiger partial charge in [0.15, 0.2) is 0 Å². The summed E-state index contributed by atoms with van der Waals surface area (Å²) in [5.74, 6) is -0.529. The van der Waals surface area contributed by atoms with E-state index < -0.39 is 5.97 Å². The molecule has 0 spiro atoms. The highest BCUT2D eigenvalue weighted by molar-refractivity contribution is 5.96. The van der Waals surface area contributed by atoms with E-state index in [1.54, 1.807) is 62.4 Å². The number of ether oxygens (including phenoxy) is 1. The third kappa shape index (κ3) is 6.39. The van der Waals surface area contributed by atoms with Crippen LogP contribution in [0.4, 0.5) is 5.69 Å². The molecule has 0 radical (unpaired) electrons. The molecule has 140 valence electrons. The van der Waals surface area contributed by atoms with Crippen molar-refractivity contribution < 1.29 is 19.1 Å². The highest BCUT2D eigenvalue weighted by Gasteiger charge is 2.08. The van der Waals surface area contributed by atoms with Gasteiger partial charge in [-0.1, -0.05) is 13.8 Å². The van der Waals surface area contributed by atoms with Crippen LogP contribution in [0, 0.1) is 5.92 Å². The Morgan fingerprint density at radius 1 is 1.00 bits per heavy atom. The van der Waals surface area contributed by atoms with Crippen molar-refractivity contribution in [2.75, 3.05) is 5.32 Å². The number of carbonyl (C=O) groups excluding carboxylic acids is 3. The molecule has 0 saturated heterocycles. The summed E-state index contributed by atoms with van der Waals surface area (Å²) >= 11 is 0. The topological polar surface area (TPSA) is 96.9 Å². The van der Waals surface area contributed by atoms with Gasteiger partial charge in [-0.05, 0) is 54.1 Å². The molecule has 0 bridgehead atoms. The fourth-order valence-corrected chi connectivity index (χ4v) is 2.01. The van der Waals surface area contributed by atoms with E-state index in [0.717, 1.165) is 5.56 Å². The third-order valence-electron chi connectivity index (χ3n) is 3.46. The highest BCUT2D eigenvalue weighted by atomic mass is 16.5. The van der Waals surface area contributed by atoms with Crippen molar-refractivity contribution >= 4 is 29.7 Å². The molecule has 0 aliphatic rings. The molecular formula is C20H21N3O4. The fourth-order valence-electron chi connectivity index (χ4n) is 2.01. The van der Waals surface area contributed by atoms with Gasteiger partial charge < -0.3 is 10.1 Å². The second kappa shape index (κ2) is 9.28. The van der Waals surface area contributed by atoms with E-state index in [1.165, 1.54) is 13.1 Å². The van der Waals surface area contributed by atoms with Gasteiger partial charge in [0.25, 0.3) is 5.91 Å². The number of hydrogen-bond acceptors (Lipinski definition) is 5. The molecule has 0 saturated carbocycles. The molecule has 7 nitrogen and oxygen atoms in total. The Labute approximate surface area is 157 Å². The zero-order valence-electron chi connectivity index (χ0n) is 15.4. The SMILES string of the molecule is CC(=O)Oc1ccc(/C=N\NC(=O)c2ccc(NC(=O)C(C)C)cc2)cc1. The number of carbonyl (C=O) groups is 3. The summed E-state index contributed by atoms with van der Waals surface area (Å²) in [4.78, 5) is 34.6. The summed E-state index contributed by atoms with van der Waals surface area (Å²) in [6.45, 7) is 4.94. The predicted octanol–water partition coefficient (Wildman–Crippen LogP) is 2.97. The Bertz CT molecular complexity index is 841. The number of esters is 1. The zero-order chi connectivity index (χ0) is 19.8. The first kappa shape index (κ1) is 19.8. The van der Waals surface area contributed by atoms with Crippen LogP contribution in [0.25, 0.3) is 0 Å². The molecule has 0 aliphatic carbocycles. The Balaban J connectivity index is 1.90. The van der Waals surface area contributed by atoms with Crippen LogP contribution in [0.1, 0.15) is 36.7 Å². The quantitative estimate of drug-likeness (QED) is 0.355. The number of hydrazone groups is 1. The van der Waals surface area contributed by atoms with Crippen molar-refractivity contribution in [1.82, 2.24) is 5.43 Å². The molecule has 2 rings (SSSR count). The lowest BCUT2D eigenvalue weighted by atomic mass is 10.1. The molecule has 27 heavy (non-hydrogen) atoms. The normalized spacial score (nSPS) is 10.7. The summed E-state index contributed by atoms with van der Waals surface area (Å²) in [5.41, 5.74) is 4.21. The molecule has 2 aromatic rings. The average molecular weight is 367 g/mol. The summed E-state index contributed by atoms with van der Waals surface area (Å²) < 4.78 is 4.94. The standard InChI is InChI=1S/C20H21N3O4/c1-13(2)19(25)22-17-8-6-16(7-9-17)20(26)23-21-12-15-4-10-18(11-5-15)27-14(3)24/h4-13H,1-3H3,(H,22,25)(H,23,26)/b21-12-. The van der Waals surface area contributed by atoms with Crippen LogP contribution >= 0.6 is 0 Å². The van der Waals surface area contributed by atoms with E-state index >= 15 is 0 Å². The molecule has 0 fully saturated rings. The molecule has 0 unspecified atom stereocenters. The monoisotopic (exact) mass is 367 g/mol. The molecule has 0 aromatic heterocycles. The van der Waals surface area contributed by atoms with Crippen molar-refractivity contribution in [3.8, 4) is 5.75 Å². The first-order valence-corrected chi connectivity index (χ1v) is 8.38. The minimum absolute atomic E-state index is 0.0866. The van der Waals surface area contributed by atoms with Crippen LogP contribution in [-0.4, -0.2) is 24.0 Å². The Kier molecular flexibility index (Phi) is 6.82. The number of hydrogen-bond donors (Lipinski definition) is 2. The van der Waals surface area contributed by atoms with Crippen molar-refractivity contribution in [1.29, 1.82) is 0 Å². The maximum absolute atomic E-state index is 12.1. The van der Waals surface area contributed by atoms with E-state index in [1.807, 2.05) is 0 Å². The minimum atomic E-state index is -0.390. The third-order valence-corrected chi connectivity index (χ3v) is 3.46. The summed E-state index contributed by atoms with van der Waals surface area (Å²) in [6.07, 6.45) is 1.48. The number of anilines is 1. The first-order valence-electron chi connectivity index (χ1n) is 8.38. The van der Waals surface area contributed by atoms with Gasteiger partial charge in [0.1, 0.15) is 5.75 Å². The van der Waals surface area contributed by atoms with Crippen LogP contribution in [0.15, 0.2) is 53.6 Å². The van der Waals surface area contributed by atoms with Gasteiger partial charge in [0.05, 0.1) is 6.21 Å². The number of amides is 2. The van der Waals surface area contributed by atoms with Gasteiger partial charge >= 0.3 is 5.97 Å². The second-order valence-electron chi connectivity index (χ2n) is 6.08. The zero-order valence-corrected chi connectivity index (χ0v) is 15.4. The van der Waals surface area contributed by atoms with Gasteiger partial charge in [0, 0.05) is 24.1 Å². The number of benzene rings is 2. The molecule has 0 heterocycles. The molecule has 2 N–H and O–H groups in total. The van der Waals surface area contributed by atoms with Gasteiger partial charge in [-0.25, -0.2) is 5.43 Å². The van der Waals surface area contributed by atoms with Crippen LogP contribution in [0.2, 0.25) is 0 Å². The summed E-state index contributed by atoms with van der Waals surface area (Å²) in [7, 11) is 0. The largest absolute Gasteiger partial charge is 0.427 e. The Morgan fingerprint density at radius 3 is 2.19 bits per heavy atom. The predicted molar refractivity (Wildman–Crippen MR) is 103 cm³/mol. The maximum Gasteiger partial charge on any atom is 0.308 e. The summed E-state index contributed by atoms with van der Waals surface area (Å²) in [5, 5.41) is 6.66. The van der Waals surface area contributed by atoms with Gasteiger partial charge in [-0.15, -0.1) is 0 Å². The van der Waals surface area contributed by atoms with Gasteiger partial charge in [-0.3, -0.25) is 14.4 Å².